The molecule has 112 valence electrons. The van der Waals surface area contributed by atoms with Crippen molar-refractivity contribution in [1.82, 2.24) is 24.6 Å². The number of carbonyl (C=O) groups is 1. The highest BCUT2D eigenvalue weighted by atomic mass is 16.4. The molecule has 0 radical (unpaired) electrons. The number of nitrogens with zero attached hydrogens (tertiary/aromatic N) is 4. The molecule has 3 heterocycles. The second-order valence-electron chi connectivity index (χ2n) is 5.19. The smallest absolute Gasteiger partial charge is 0.356 e. The second kappa shape index (κ2) is 5.69. The lowest BCUT2D eigenvalue weighted by Crippen LogP contribution is -2.28. The molecule has 3 rings (SSSR count). The van der Waals surface area contributed by atoms with E-state index < -0.39 is 5.97 Å². The number of hydrogen-bond acceptors (Lipinski definition) is 4. The zero-order valence-corrected chi connectivity index (χ0v) is 12.0. The molecule has 0 aliphatic carbocycles. The lowest BCUT2D eigenvalue weighted by atomic mass is 10.0. The molecule has 0 aromatic carbocycles. The van der Waals surface area contributed by atoms with E-state index in [2.05, 4.69) is 26.9 Å². The molecule has 0 saturated carbocycles. The van der Waals surface area contributed by atoms with Gasteiger partial charge in [0.15, 0.2) is 5.69 Å². The van der Waals surface area contributed by atoms with Gasteiger partial charge in [-0.2, -0.15) is 5.10 Å². The third-order valence-corrected chi connectivity index (χ3v) is 3.90. The van der Waals surface area contributed by atoms with Gasteiger partial charge in [0.25, 0.3) is 0 Å². The van der Waals surface area contributed by atoms with Gasteiger partial charge in [0.05, 0.1) is 12.2 Å². The molecule has 2 aromatic heterocycles. The predicted molar refractivity (Wildman–Crippen MR) is 75.9 cm³/mol. The van der Waals surface area contributed by atoms with Crippen LogP contribution >= 0.6 is 0 Å². The van der Waals surface area contributed by atoms with Crippen LogP contribution in [0, 0.1) is 0 Å². The van der Waals surface area contributed by atoms with Crippen LogP contribution < -0.4 is 5.32 Å². The van der Waals surface area contributed by atoms with E-state index in [4.69, 9.17) is 5.11 Å². The Hall–Kier alpha value is -2.15. The number of nitrogens with one attached hydrogen (secondary N) is 1. The van der Waals surface area contributed by atoms with Gasteiger partial charge in [0.2, 0.25) is 0 Å². The first kappa shape index (κ1) is 13.8. The van der Waals surface area contributed by atoms with Crippen molar-refractivity contribution in [2.24, 2.45) is 0 Å². The van der Waals surface area contributed by atoms with Gasteiger partial charge in [0, 0.05) is 31.5 Å². The van der Waals surface area contributed by atoms with Crippen LogP contribution in [0.2, 0.25) is 0 Å². The summed E-state index contributed by atoms with van der Waals surface area (Å²) in [4.78, 5) is 15.4. The standard InChI is InChI=1S/C14H19N5O2/c1-2-18-7-5-15-13(18)9-16-10-4-3-6-19-12(10)8-11(17-19)14(20)21/h5,7-8,10,16H,2-4,6,9H2,1H3,(H,20,21). The Balaban J connectivity index is 1.74. The maximum Gasteiger partial charge on any atom is 0.356 e. The van der Waals surface area contributed by atoms with Gasteiger partial charge < -0.3 is 15.0 Å². The largest absolute Gasteiger partial charge is 0.476 e. The first-order valence-electron chi connectivity index (χ1n) is 7.23. The molecule has 1 aliphatic heterocycles. The average molecular weight is 289 g/mol. The topological polar surface area (TPSA) is 85.0 Å². The molecule has 2 aromatic rings. The molecule has 0 amide bonds. The molecule has 7 heteroatoms. The number of aryl methyl sites for hydroxylation is 2. The van der Waals surface area contributed by atoms with Crippen molar-refractivity contribution in [2.75, 3.05) is 0 Å². The third-order valence-electron chi connectivity index (χ3n) is 3.90. The van der Waals surface area contributed by atoms with Crippen LogP contribution in [0.1, 0.15) is 47.8 Å². The third kappa shape index (κ3) is 2.69. The molecule has 0 saturated heterocycles. The van der Waals surface area contributed by atoms with E-state index in [0.29, 0.717) is 6.54 Å². The summed E-state index contributed by atoms with van der Waals surface area (Å²) in [6.45, 7) is 4.42. The zero-order valence-electron chi connectivity index (χ0n) is 12.0. The van der Waals surface area contributed by atoms with E-state index in [1.54, 1.807) is 16.9 Å². The van der Waals surface area contributed by atoms with Crippen molar-refractivity contribution in [3.63, 3.8) is 0 Å². The number of carboxylic acids is 1. The molecule has 1 atom stereocenters. The van der Waals surface area contributed by atoms with E-state index in [0.717, 1.165) is 37.4 Å². The highest BCUT2D eigenvalue weighted by Gasteiger charge is 2.24. The van der Waals surface area contributed by atoms with Crippen LogP contribution in [0.5, 0.6) is 0 Å². The van der Waals surface area contributed by atoms with Crippen LogP contribution in [0.15, 0.2) is 18.5 Å². The van der Waals surface area contributed by atoms with E-state index >= 15 is 0 Å². The Bertz CT molecular complexity index is 646. The van der Waals surface area contributed by atoms with Gasteiger partial charge in [-0.25, -0.2) is 9.78 Å². The SMILES string of the molecule is CCn1ccnc1CNC1CCCn2nc(C(=O)O)cc21. The minimum absolute atomic E-state index is 0.119. The monoisotopic (exact) mass is 289 g/mol. The summed E-state index contributed by atoms with van der Waals surface area (Å²) in [6, 6.07) is 1.80. The summed E-state index contributed by atoms with van der Waals surface area (Å²) in [5.74, 6) is 0.0183. The quantitative estimate of drug-likeness (QED) is 0.869. The normalized spacial score (nSPS) is 17.7. The Labute approximate surface area is 122 Å². The van der Waals surface area contributed by atoms with Gasteiger partial charge in [0.1, 0.15) is 5.82 Å². The molecule has 0 fully saturated rings. The Morgan fingerprint density at radius 1 is 1.57 bits per heavy atom. The van der Waals surface area contributed by atoms with Gasteiger partial charge >= 0.3 is 5.97 Å². The van der Waals surface area contributed by atoms with Crippen molar-refractivity contribution >= 4 is 5.97 Å². The number of aromatic nitrogens is 4. The number of aromatic carboxylic acids is 1. The first-order valence-corrected chi connectivity index (χ1v) is 7.23. The number of hydrogen-bond donors (Lipinski definition) is 2. The van der Waals surface area contributed by atoms with Crippen LogP contribution in [-0.4, -0.2) is 30.4 Å². The molecular weight excluding hydrogens is 270 g/mol. The molecular formula is C14H19N5O2. The summed E-state index contributed by atoms with van der Waals surface area (Å²) in [6.07, 6.45) is 5.74. The lowest BCUT2D eigenvalue weighted by molar-refractivity contribution is 0.0689. The Morgan fingerprint density at radius 2 is 2.43 bits per heavy atom. The highest BCUT2D eigenvalue weighted by molar-refractivity contribution is 5.85. The average Bonchev–Trinajstić information content (AvgIpc) is 3.11. The minimum atomic E-state index is -0.975. The summed E-state index contributed by atoms with van der Waals surface area (Å²) in [7, 11) is 0. The summed E-state index contributed by atoms with van der Waals surface area (Å²) >= 11 is 0. The van der Waals surface area contributed by atoms with Crippen LogP contribution in [-0.2, 0) is 19.6 Å². The number of rotatable bonds is 5. The maximum atomic E-state index is 11.0. The summed E-state index contributed by atoms with van der Waals surface area (Å²) in [5.41, 5.74) is 1.07. The van der Waals surface area contributed by atoms with E-state index in [1.165, 1.54) is 0 Å². The molecule has 0 spiro atoms. The van der Waals surface area contributed by atoms with Gasteiger partial charge in [-0.3, -0.25) is 4.68 Å². The Morgan fingerprint density at radius 3 is 3.19 bits per heavy atom. The molecule has 7 nitrogen and oxygen atoms in total. The summed E-state index contributed by atoms with van der Waals surface area (Å²) in [5, 5.41) is 16.7. The van der Waals surface area contributed by atoms with Crippen LogP contribution in [0.25, 0.3) is 0 Å². The molecule has 2 N–H and O–H groups in total. The molecule has 0 bridgehead atoms. The van der Waals surface area contributed by atoms with E-state index in [9.17, 15) is 4.79 Å². The van der Waals surface area contributed by atoms with Crippen molar-refractivity contribution in [3.05, 3.63) is 35.7 Å². The number of imidazole rings is 1. The van der Waals surface area contributed by atoms with Crippen LogP contribution in [0.4, 0.5) is 0 Å². The van der Waals surface area contributed by atoms with Crippen molar-refractivity contribution < 1.29 is 9.90 Å². The predicted octanol–water partition coefficient (Wildman–Crippen LogP) is 1.42. The van der Waals surface area contributed by atoms with Gasteiger partial charge in [-0.1, -0.05) is 0 Å². The van der Waals surface area contributed by atoms with Crippen molar-refractivity contribution in [3.8, 4) is 0 Å². The molecule has 21 heavy (non-hydrogen) atoms. The minimum Gasteiger partial charge on any atom is -0.476 e. The fraction of sp³-hybridized carbons (Fsp3) is 0.500. The molecule has 1 unspecified atom stereocenters. The van der Waals surface area contributed by atoms with E-state index in [1.807, 2.05) is 6.20 Å². The second-order valence-corrected chi connectivity index (χ2v) is 5.19. The van der Waals surface area contributed by atoms with E-state index in [-0.39, 0.29) is 11.7 Å². The van der Waals surface area contributed by atoms with Crippen molar-refractivity contribution in [1.29, 1.82) is 0 Å². The lowest BCUT2D eigenvalue weighted by Gasteiger charge is -2.24. The zero-order chi connectivity index (χ0) is 14.8. The van der Waals surface area contributed by atoms with Crippen molar-refractivity contribution in [2.45, 2.75) is 45.4 Å². The van der Waals surface area contributed by atoms with Crippen LogP contribution in [0.3, 0.4) is 0 Å². The van der Waals surface area contributed by atoms with Gasteiger partial charge in [-0.05, 0) is 25.8 Å². The summed E-state index contributed by atoms with van der Waals surface area (Å²) < 4.78 is 3.90. The maximum absolute atomic E-state index is 11.0. The number of fused-ring (bicyclic) bond motifs is 1. The molecule has 1 aliphatic rings. The first-order chi connectivity index (χ1) is 10.2. The fourth-order valence-corrected chi connectivity index (χ4v) is 2.80. The van der Waals surface area contributed by atoms with Gasteiger partial charge in [-0.15, -0.1) is 0 Å². The highest BCUT2D eigenvalue weighted by Crippen LogP contribution is 2.25. The number of carboxylic acid groups (broad SMARTS) is 1. The Kier molecular flexibility index (Phi) is 3.74. The fourth-order valence-electron chi connectivity index (χ4n) is 2.80.